The molecule has 0 fully saturated rings. The lowest BCUT2D eigenvalue weighted by Crippen LogP contribution is -2.35. The quantitative estimate of drug-likeness (QED) is 0.793. The van der Waals surface area contributed by atoms with Crippen molar-refractivity contribution in [3.05, 3.63) is 23.6 Å². The summed E-state index contributed by atoms with van der Waals surface area (Å²) in [5, 5.41) is 11.6. The van der Waals surface area contributed by atoms with E-state index in [0.717, 1.165) is 17.0 Å². The number of anilines is 1. The fraction of sp³-hybridized carbons (Fsp3) is 0.333. The van der Waals surface area contributed by atoms with Gasteiger partial charge in [-0.3, -0.25) is 9.89 Å². The monoisotopic (exact) mass is 300 g/mol. The Balaban J connectivity index is 0.00000180. The average Bonchev–Trinajstić information content (AvgIpc) is 2.98. The van der Waals surface area contributed by atoms with Gasteiger partial charge >= 0.3 is 0 Å². The lowest BCUT2D eigenvalue weighted by molar-refractivity contribution is -0.117. The number of carbonyl (C=O) groups is 1. The lowest BCUT2D eigenvalue weighted by atomic mass is 10.2. The summed E-state index contributed by atoms with van der Waals surface area (Å²) in [6.07, 6.45) is 1.56. The smallest absolute Gasteiger partial charge is 0.242 e. The lowest BCUT2D eigenvalue weighted by Gasteiger charge is -2.08. The number of rotatable bonds is 5. The van der Waals surface area contributed by atoms with Gasteiger partial charge in [0.05, 0.1) is 16.6 Å². The number of nitrogens with zero attached hydrogens (tertiary/aromatic N) is 1. The molecule has 2 rings (SSSR count). The van der Waals surface area contributed by atoms with Crippen LogP contribution in [0, 0.1) is 0 Å². The molecule has 1 atom stereocenters. The molecular formula is C12H17ClN4OS. The van der Waals surface area contributed by atoms with Crippen LogP contribution in [0.3, 0.4) is 0 Å². The number of nitrogens with two attached hydrogens (primary N) is 1. The van der Waals surface area contributed by atoms with Crippen LogP contribution < -0.4 is 11.1 Å². The van der Waals surface area contributed by atoms with E-state index in [2.05, 4.69) is 15.5 Å². The van der Waals surface area contributed by atoms with Crippen molar-refractivity contribution in [3.63, 3.8) is 0 Å². The van der Waals surface area contributed by atoms with Crippen LogP contribution in [-0.4, -0.2) is 22.1 Å². The molecule has 2 heterocycles. The molecule has 2 aromatic heterocycles. The number of halogens is 1. The van der Waals surface area contributed by atoms with Gasteiger partial charge in [0, 0.05) is 6.07 Å². The zero-order valence-corrected chi connectivity index (χ0v) is 12.2. The van der Waals surface area contributed by atoms with E-state index in [1.54, 1.807) is 11.3 Å². The van der Waals surface area contributed by atoms with Crippen molar-refractivity contribution in [3.8, 4) is 10.6 Å². The zero-order chi connectivity index (χ0) is 13.0. The number of nitrogens with one attached hydrogen (secondary N) is 2. The Morgan fingerprint density at radius 1 is 1.63 bits per heavy atom. The second-order valence-corrected chi connectivity index (χ2v) is 4.98. The first-order chi connectivity index (χ1) is 8.70. The second kappa shape index (κ2) is 7.28. The molecule has 4 N–H and O–H groups in total. The molecule has 0 radical (unpaired) electrons. The van der Waals surface area contributed by atoms with E-state index in [9.17, 15) is 4.79 Å². The van der Waals surface area contributed by atoms with E-state index in [0.29, 0.717) is 12.2 Å². The minimum absolute atomic E-state index is 0. The van der Waals surface area contributed by atoms with Gasteiger partial charge < -0.3 is 11.1 Å². The molecule has 2 aromatic rings. The van der Waals surface area contributed by atoms with Crippen LogP contribution in [0.2, 0.25) is 0 Å². The topological polar surface area (TPSA) is 83.8 Å². The Labute approximate surface area is 122 Å². The molecule has 1 unspecified atom stereocenters. The van der Waals surface area contributed by atoms with Crippen molar-refractivity contribution in [1.82, 2.24) is 10.2 Å². The van der Waals surface area contributed by atoms with Crippen LogP contribution in [-0.2, 0) is 4.79 Å². The van der Waals surface area contributed by atoms with Crippen LogP contribution in [0.15, 0.2) is 23.6 Å². The van der Waals surface area contributed by atoms with Gasteiger partial charge in [0.15, 0.2) is 5.82 Å². The number of aromatic nitrogens is 2. The maximum Gasteiger partial charge on any atom is 0.242 e. The normalized spacial score (nSPS) is 11.7. The molecule has 19 heavy (non-hydrogen) atoms. The van der Waals surface area contributed by atoms with E-state index in [1.807, 2.05) is 30.5 Å². The average molecular weight is 301 g/mol. The van der Waals surface area contributed by atoms with Crippen LogP contribution in [0.25, 0.3) is 10.6 Å². The summed E-state index contributed by atoms with van der Waals surface area (Å²) in [7, 11) is 0. The molecule has 104 valence electrons. The van der Waals surface area contributed by atoms with E-state index in [1.165, 1.54) is 0 Å². The van der Waals surface area contributed by atoms with Crippen LogP contribution in [0.1, 0.15) is 19.8 Å². The van der Waals surface area contributed by atoms with Crippen LogP contribution in [0.4, 0.5) is 5.82 Å². The predicted molar refractivity (Wildman–Crippen MR) is 80.7 cm³/mol. The van der Waals surface area contributed by atoms with Crippen molar-refractivity contribution >= 4 is 35.5 Å². The summed E-state index contributed by atoms with van der Waals surface area (Å²) >= 11 is 1.61. The van der Waals surface area contributed by atoms with E-state index in [-0.39, 0.29) is 18.3 Å². The largest absolute Gasteiger partial charge is 0.320 e. The minimum Gasteiger partial charge on any atom is -0.320 e. The second-order valence-electron chi connectivity index (χ2n) is 4.03. The summed E-state index contributed by atoms with van der Waals surface area (Å²) in [6, 6.07) is 5.29. The molecule has 0 aromatic carbocycles. The molecule has 5 nitrogen and oxygen atoms in total. The zero-order valence-electron chi connectivity index (χ0n) is 10.6. The van der Waals surface area contributed by atoms with E-state index >= 15 is 0 Å². The number of H-pyrrole nitrogens is 1. The summed E-state index contributed by atoms with van der Waals surface area (Å²) < 4.78 is 0. The molecule has 0 aliphatic heterocycles. The third-order valence-electron chi connectivity index (χ3n) is 2.55. The van der Waals surface area contributed by atoms with Gasteiger partial charge in [0.25, 0.3) is 0 Å². The van der Waals surface area contributed by atoms with Gasteiger partial charge in [-0.25, -0.2) is 0 Å². The number of thiophene rings is 1. The third kappa shape index (κ3) is 4.05. The number of amides is 1. The molecular weight excluding hydrogens is 284 g/mol. The van der Waals surface area contributed by atoms with Gasteiger partial charge in [0.1, 0.15) is 0 Å². The highest BCUT2D eigenvalue weighted by atomic mass is 35.5. The maximum absolute atomic E-state index is 11.7. The summed E-state index contributed by atoms with van der Waals surface area (Å²) in [5.74, 6) is 0.316. The minimum atomic E-state index is -0.475. The molecule has 0 bridgehead atoms. The number of aromatic amines is 1. The molecule has 1 amide bonds. The Bertz CT molecular complexity index is 512. The highest BCUT2D eigenvalue weighted by Crippen LogP contribution is 2.24. The first-order valence-corrected chi connectivity index (χ1v) is 6.74. The Hall–Kier alpha value is -1.37. The summed E-state index contributed by atoms with van der Waals surface area (Å²) in [4.78, 5) is 12.8. The molecule has 0 aliphatic carbocycles. The summed E-state index contributed by atoms with van der Waals surface area (Å²) in [6.45, 7) is 2.00. The predicted octanol–water partition coefficient (Wildman–Crippen LogP) is 2.63. The fourth-order valence-corrected chi connectivity index (χ4v) is 2.30. The number of hydrogen-bond acceptors (Lipinski definition) is 4. The highest BCUT2D eigenvalue weighted by molar-refractivity contribution is 7.13. The third-order valence-corrected chi connectivity index (χ3v) is 3.46. The molecule has 0 aliphatic rings. The van der Waals surface area contributed by atoms with Crippen molar-refractivity contribution in [1.29, 1.82) is 0 Å². The van der Waals surface area contributed by atoms with Crippen LogP contribution >= 0.6 is 23.7 Å². The standard InChI is InChI=1S/C12H16N4OS.ClH/c1-2-4-8(13)12(17)14-11-7-9(15-16-11)10-5-3-6-18-10;/h3,5-8H,2,4,13H2,1H3,(H2,14,15,16,17);1H. The molecule has 0 saturated carbocycles. The maximum atomic E-state index is 11.7. The highest BCUT2D eigenvalue weighted by Gasteiger charge is 2.14. The van der Waals surface area contributed by atoms with Gasteiger partial charge in [-0.2, -0.15) is 5.10 Å². The van der Waals surface area contributed by atoms with Gasteiger partial charge in [0.2, 0.25) is 5.91 Å². The molecule has 7 heteroatoms. The van der Waals surface area contributed by atoms with Gasteiger partial charge in [-0.05, 0) is 17.9 Å². The first-order valence-electron chi connectivity index (χ1n) is 5.86. The van der Waals surface area contributed by atoms with E-state index < -0.39 is 6.04 Å². The van der Waals surface area contributed by atoms with Crippen molar-refractivity contribution in [2.45, 2.75) is 25.8 Å². The first kappa shape index (κ1) is 15.7. The SMILES string of the molecule is CCCC(N)C(=O)Nc1cc(-c2cccs2)[nH]n1.Cl. The molecule has 0 saturated heterocycles. The van der Waals surface area contributed by atoms with Gasteiger partial charge in [-0.15, -0.1) is 23.7 Å². The number of carbonyl (C=O) groups excluding carboxylic acids is 1. The van der Waals surface area contributed by atoms with Crippen LogP contribution in [0.5, 0.6) is 0 Å². The Morgan fingerprint density at radius 2 is 2.42 bits per heavy atom. The van der Waals surface area contributed by atoms with E-state index in [4.69, 9.17) is 5.73 Å². The molecule has 0 spiro atoms. The fourth-order valence-electron chi connectivity index (χ4n) is 1.60. The van der Waals surface area contributed by atoms with Crippen molar-refractivity contribution in [2.24, 2.45) is 5.73 Å². The Morgan fingerprint density at radius 3 is 3.05 bits per heavy atom. The van der Waals surface area contributed by atoms with Crippen molar-refractivity contribution in [2.75, 3.05) is 5.32 Å². The van der Waals surface area contributed by atoms with Crippen molar-refractivity contribution < 1.29 is 4.79 Å². The number of hydrogen-bond donors (Lipinski definition) is 3. The van der Waals surface area contributed by atoms with Gasteiger partial charge in [-0.1, -0.05) is 19.4 Å². The Kier molecular flexibility index (Phi) is 6.01. The summed E-state index contributed by atoms with van der Waals surface area (Å²) in [5.41, 5.74) is 6.62.